The third kappa shape index (κ3) is 3.78. The molecule has 5 heteroatoms. The van der Waals surface area contributed by atoms with Crippen LogP contribution in [0.3, 0.4) is 0 Å². The van der Waals surface area contributed by atoms with E-state index in [9.17, 15) is 9.59 Å². The van der Waals surface area contributed by atoms with E-state index < -0.39 is 0 Å². The normalized spacial score (nSPS) is 31.7. The standard InChI is InChI=1S/C21H28N2O2S/c1-26-13-14-2-4-18(5-3-14)20(25)23-22-19(24)12-21-9-15-6-16(10-21)8-17(7-15)11-21/h2-5,15-17H,6-13H2,1H3,(H,22,24)(H,23,25). The number of hydrazine groups is 1. The third-order valence-corrected chi connectivity index (χ3v) is 7.17. The number of carbonyl (C=O) groups excluding carboxylic acids is 2. The van der Waals surface area contributed by atoms with Crippen molar-refractivity contribution in [3.05, 3.63) is 35.4 Å². The van der Waals surface area contributed by atoms with Crippen molar-refractivity contribution in [2.45, 2.75) is 50.7 Å². The predicted octanol–water partition coefficient (Wildman–Crippen LogP) is 3.92. The van der Waals surface area contributed by atoms with Gasteiger partial charge in [0.2, 0.25) is 5.91 Å². The molecule has 26 heavy (non-hydrogen) atoms. The summed E-state index contributed by atoms with van der Waals surface area (Å²) in [5, 5.41) is 0. The molecular weight excluding hydrogens is 344 g/mol. The molecule has 0 atom stereocenters. The van der Waals surface area contributed by atoms with Crippen molar-refractivity contribution in [1.29, 1.82) is 0 Å². The first-order valence-electron chi connectivity index (χ1n) is 9.72. The van der Waals surface area contributed by atoms with Crippen molar-refractivity contribution >= 4 is 23.6 Å². The molecule has 140 valence electrons. The maximum Gasteiger partial charge on any atom is 0.269 e. The van der Waals surface area contributed by atoms with Crippen molar-refractivity contribution in [2.75, 3.05) is 6.26 Å². The van der Waals surface area contributed by atoms with Gasteiger partial charge in [-0.15, -0.1) is 0 Å². The number of hydrogen-bond acceptors (Lipinski definition) is 3. The van der Waals surface area contributed by atoms with E-state index >= 15 is 0 Å². The van der Waals surface area contributed by atoms with Crippen LogP contribution in [0.25, 0.3) is 0 Å². The van der Waals surface area contributed by atoms with Gasteiger partial charge >= 0.3 is 0 Å². The molecule has 4 aliphatic carbocycles. The number of rotatable bonds is 5. The zero-order valence-electron chi connectivity index (χ0n) is 15.4. The van der Waals surface area contributed by atoms with Crippen LogP contribution >= 0.6 is 11.8 Å². The molecule has 2 amide bonds. The molecule has 4 aliphatic rings. The second-order valence-electron chi connectivity index (χ2n) is 8.73. The number of hydrogen-bond donors (Lipinski definition) is 2. The first kappa shape index (κ1) is 17.9. The van der Waals surface area contributed by atoms with E-state index in [4.69, 9.17) is 0 Å². The predicted molar refractivity (Wildman–Crippen MR) is 104 cm³/mol. The molecular formula is C21H28N2O2S. The molecule has 1 aromatic rings. The van der Waals surface area contributed by atoms with E-state index in [0.29, 0.717) is 12.0 Å². The van der Waals surface area contributed by atoms with Crippen LogP contribution in [0.4, 0.5) is 0 Å². The highest BCUT2D eigenvalue weighted by atomic mass is 32.2. The molecule has 4 saturated carbocycles. The summed E-state index contributed by atoms with van der Waals surface area (Å²) in [4.78, 5) is 24.7. The van der Waals surface area contributed by atoms with Gasteiger partial charge in [-0.2, -0.15) is 11.8 Å². The van der Waals surface area contributed by atoms with Gasteiger partial charge in [-0.05, 0) is 85.6 Å². The smallest absolute Gasteiger partial charge is 0.269 e. The zero-order chi connectivity index (χ0) is 18.1. The molecule has 5 rings (SSSR count). The van der Waals surface area contributed by atoms with Crippen molar-refractivity contribution in [3.63, 3.8) is 0 Å². The van der Waals surface area contributed by atoms with Crippen molar-refractivity contribution in [3.8, 4) is 0 Å². The van der Waals surface area contributed by atoms with Gasteiger partial charge in [0.25, 0.3) is 5.91 Å². The summed E-state index contributed by atoms with van der Waals surface area (Å²) in [7, 11) is 0. The molecule has 0 aromatic heterocycles. The SMILES string of the molecule is CSCc1ccc(C(=O)NNC(=O)CC23CC4CC(CC(C4)C2)C3)cc1. The van der Waals surface area contributed by atoms with Crippen LogP contribution in [0, 0.1) is 23.2 Å². The Morgan fingerprint density at radius 3 is 2.12 bits per heavy atom. The molecule has 0 saturated heterocycles. The fraction of sp³-hybridized carbons (Fsp3) is 0.619. The monoisotopic (exact) mass is 372 g/mol. The second kappa shape index (κ2) is 7.26. The summed E-state index contributed by atoms with van der Waals surface area (Å²) in [5.41, 5.74) is 7.21. The van der Waals surface area contributed by atoms with Gasteiger partial charge in [0.1, 0.15) is 0 Å². The van der Waals surface area contributed by atoms with E-state index in [1.54, 1.807) is 11.8 Å². The van der Waals surface area contributed by atoms with Gasteiger partial charge in [-0.1, -0.05) is 12.1 Å². The van der Waals surface area contributed by atoms with Crippen LogP contribution in [0.15, 0.2) is 24.3 Å². The van der Waals surface area contributed by atoms with Crippen molar-refractivity contribution in [1.82, 2.24) is 10.9 Å². The number of benzene rings is 1. The molecule has 4 bridgehead atoms. The number of thioether (sulfide) groups is 1. The molecule has 4 fully saturated rings. The summed E-state index contributed by atoms with van der Waals surface area (Å²) < 4.78 is 0. The minimum Gasteiger partial charge on any atom is -0.273 e. The highest BCUT2D eigenvalue weighted by molar-refractivity contribution is 7.97. The lowest BCUT2D eigenvalue weighted by Crippen LogP contribution is -2.50. The Bertz CT molecular complexity index is 650. The van der Waals surface area contributed by atoms with Gasteiger partial charge in [0.15, 0.2) is 0 Å². The van der Waals surface area contributed by atoms with E-state index in [1.807, 2.05) is 24.3 Å². The molecule has 1 aromatic carbocycles. The Kier molecular flexibility index (Phi) is 5.00. The van der Waals surface area contributed by atoms with Crippen molar-refractivity contribution in [2.24, 2.45) is 23.2 Å². The van der Waals surface area contributed by atoms with Gasteiger partial charge in [0.05, 0.1) is 0 Å². The fourth-order valence-electron chi connectivity index (χ4n) is 6.01. The van der Waals surface area contributed by atoms with E-state index in [-0.39, 0.29) is 17.2 Å². The van der Waals surface area contributed by atoms with Crippen LogP contribution < -0.4 is 10.9 Å². The average molecular weight is 373 g/mol. The van der Waals surface area contributed by atoms with Crippen molar-refractivity contribution < 1.29 is 9.59 Å². The van der Waals surface area contributed by atoms with Gasteiger partial charge in [0, 0.05) is 17.7 Å². The lowest BCUT2D eigenvalue weighted by molar-refractivity contribution is -0.130. The second-order valence-corrected chi connectivity index (χ2v) is 9.59. The first-order valence-corrected chi connectivity index (χ1v) is 11.1. The Labute approximate surface area is 159 Å². The minimum atomic E-state index is -0.250. The molecule has 0 unspecified atom stereocenters. The summed E-state index contributed by atoms with van der Waals surface area (Å²) in [6, 6.07) is 7.55. The van der Waals surface area contributed by atoms with Crippen LogP contribution in [0.2, 0.25) is 0 Å². The highest BCUT2D eigenvalue weighted by Gasteiger charge is 2.51. The van der Waals surface area contributed by atoms with Crippen LogP contribution in [0.5, 0.6) is 0 Å². The quantitative estimate of drug-likeness (QED) is 0.770. The molecule has 2 N–H and O–H groups in total. The lowest BCUT2D eigenvalue weighted by Gasteiger charge is -2.56. The number of amides is 2. The Morgan fingerprint density at radius 1 is 1.00 bits per heavy atom. The topological polar surface area (TPSA) is 58.2 Å². The first-order chi connectivity index (χ1) is 12.5. The molecule has 4 nitrogen and oxygen atoms in total. The summed E-state index contributed by atoms with van der Waals surface area (Å²) >= 11 is 1.75. The van der Waals surface area contributed by atoms with Crippen LogP contribution in [-0.4, -0.2) is 18.1 Å². The fourth-order valence-corrected chi connectivity index (χ4v) is 6.53. The Morgan fingerprint density at radius 2 is 1.58 bits per heavy atom. The summed E-state index contributed by atoms with van der Waals surface area (Å²) in [5.74, 6) is 3.15. The minimum absolute atomic E-state index is 0.0423. The highest BCUT2D eigenvalue weighted by Crippen LogP contribution is 2.61. The molecule has 0 aliphatic heterocycles. The Hall–Kier alpha value is -1.49. The average Bonchev–Trinajstić information content (AvgIpc) is 2.59. The maximum absolute atomic E-state index is 12.5. The zero-order valence-corrected chi connectivity index (χ0v) is 16.2. The third-order valence-electron chi connectivity index (χ3n) is 6.54. The summed E-state index contributed by atoms with van der Waals surface area (Å²) in [6.45, 7) is 0. The molecule has 0 heterocycles. The Balaban J connectivity index is 1.29. The molecule has 0 spiro atoms. The van der Waals surface area contributed by atoms with Gasteiger partial charge in [-0.3, -0.25) is 20.4 Å². The lowest BCUT2D eigenvalue weighted by atomic mass is 9.49. The number of nitrogens with one attached hydrogen (secondary N) is 2. The maximum atomic E-state index is 12.5. The summed E-state index contributed by atoms with van der Waals surface area (Å²) in [6.07, 6.45) is 10.4. The van der Waals surface area contributed by atoms with E-state index in [1.165, 1.54) is 44.1 Å². The largest absolute Gasteiger partial charge is 0.273 e. The molecule has 0 radical (unpaired) electrons. The van der Waals surface area contributed by atoms with Crippen LogP contribution in [-0.2, 0) is 10.5 Å². The van der Waals surface area contributed by atoms with Gasteiger partial charge in [-0.25, -0.2) is 0 Å². The van der Waals surface area contributed by atoms with E-state index in [0.717, 1.165) is 23.5 Å². The van der Waals surface area contributed by atoms with E-state index in [2.05, 4.69) is 17.1 Å². The number of carbonyl (C=O) groups is 2. The van der Waals surface area contributed by atoms with Gasteiger partial charge < -0.3 is 0 Å². The van der Waals surface area contributed by atoms with Crippen LogP contribution in [0.1, 0.15) is 60.9 Å².